The molecule has 0 aliphatic carbocycles. The molecule has 0 aromatic carbocycles. The molecule has 18 heavy (non-hydrogen) atoms. The van der Waals surface area contributed by atoms with Crippen molar-refractivity contribution in [2.75, 3.05) is 32.7 Å². The Hall–Kier alpha value is -0.120. The minimum Gasteiger partial charge on any atom is -0.311 e. The van der Waals surface area contributed by atoms with Gasteiger partial charge in [0.15, 0.2) is 0 Å². The molecular weight excluding hydrogens is 222 g/mol. The zero-order valence-electron chi connectivity index (χ0n) is 12.2. The molecular formula is C15H29N3. The maximum Gasteiger partial charge on any atom is 0.0256 e. The van der Waals surface area contributed by atoms with Crippen LogP contribution in [0.4, 0.5) is 0 Å². The van der Waals surface area contributed by atoms with Crippen LogP contribution in [0, 0.1) is 11.8 Å². The number of piperidine rings is 3. The summed E-state index contributed by atoms with van der Waals surface area (Å²) in [5.41, 5.74) is 0. The molecule has 1 N–H and O–H groups in total. The molecule has 4 aliphatic heterocycles. The first kappa shape index (κ1) is 12.9. The van der Waals surface area contributed by atoms with Crippen molar-refractivity contribution in [3.63, 3.8) is 0 Å². The van der Waals surface area contributed by atoms with Gasteiger partial charge in [-0.3, -0.25) is 4.90 Å². The predicted octanol–water partition coefficient (Wildman–Crippen LogP) is 1.40. The second-order valence-corrected chi connectivity index (χ2v) is 7.01. The van der Waals surface area contributed by atoms with E-state index in [1.165, 1.54) is 45.6 Å². The van der Waals surface area contributed by atoms with Gasteiger partial charge in [0.1, 0.15) is 0 Å². The van der Waals surface area contributed by atoms with E-state index in [0.29, 0.717) is 12.1 Å². The van der Waals surface area contributed by atoms with Gasteiger partial charge < -0.3 is 10.2 Å². The van der Waals surface area contributed by atoms with Crippen LogP contribution in [0.3, 0.4) is 0 Å². The molecule has 0 amide bonds. The number of hydrogen-bond donors (Lipinski definition) is 1. The Morgan fingerprint density at radius 2 is 1.83 bits per heavy atom. The van der Waals surface area contributed by atoms with E-state index >= 15 is 0 Å². The van der Waals surface area contributed by atoms with Crippen molar-refractivity contribution in [2.24, 2.45) is 11.8 Å². The normalized spacial score (nSPS) is 45.7. The number of piperazine rings is 1. The molecule has 3 heteroatoms. The molecule has 0 saturated carbocycles. The van der Waals surface area contributed by atoms with Gasteiger partial charge >= 0.3 is 0 Å². The third-order valence-electron chi connectivity index (χ3n) is 5.50. The second-order valence-electron chi connectivity index (χ2n) is 7.01. The fourth-order valence-corrected chi connectivity index (χ4v) is 4.13. The van der Waals surface area contributed by atoms with Crippen LogP contribution in [-0.2, 0) is 0 Å². The Bertz CT molecular complexity index is 283. The monoisotopic (exact) mass is 251 g/mol. The minimum absolute atomic E-state index is 0.691. The van der Waals surface area contributed by atoms with E-state index < -0.39 is 0 Å². The summed E-state index contributed by atoms with van der Waals surface area (Å²) >= 11 is 0. The van der Waals surface area contributed by atoms with Gasteiger partial charge in [-0.05, 0) is 44.7 Å². The van der Waals surface area contributed by atoms with Crippen LogP contribution in [0.1, 0.15) is 33.6 Å². The summed E-state index contributed by atoms with van der Waals surface area (Å²) in [4.78, 5) is 5.51. The maximum absolute atomic E-state index is 3.73. The standard InChI is InChI=1S/C15H29N3/c1-11(2)14-9-18(12(3)8-16-14)15-10-17-6-4-13(15)5-7-17/h11-16H,4-10H2,1-3H3. The number of fused-ring (bicyclic) bond motifs is 3. The molecule has 3 unspecified atom stereocenters. The lowest BCUT2D eigenvalue weighted by Gasteiger charge is -2.53. The molecule has 0 radical (unpaired) electrons. The van der Waals surface area contributed by atoms with E-state index in [9.17, 15) is 0 Å². The van der Waals surface area contributed by atoms with Crippen LogP contribution in [0.25, 0.3) is 0 Å². The van der Waals surface area contributed by atoms with Crippen LogP contribution >= 0.6 is 0 Å². The van der Waals surface area contributed by atoms with Crippen LogP contribution in [0.5, 0.6) is 0 Å². The fourth-order valence-electron chi connectivity index (χ4n) is 4.13. The average Bonchev–Trinajstić information content (AvgIpc) is 2.40. The third kappa shape index (κ3) is 2.33. The highest BCUT2D eigenvalue weighted by Crippen LogP contribution is 2.32. The van der Waals surface area contributed by atoms with Gasteiger partial charge in [0.05, 0.1) is 0 Å². The molecule has 0 spiro atoms. The van der Waals surface area contributed by atoms with E-state index in [0.717, 1.165) is 17.9 Å². The van der Waals surface area contributed by atoms with E-state index in [2.05, 4.69) is 35.9 Å². The molecule has 4 fully saturated rings. The summed E-state index contributed by atoms with van der Waals surface area (Å²) in [6.45, 7) is 13.6. The zero-order valence-corrected chi connectivity index (χ0v) is 12.2. The predicted molar refractivity (Wildman–Crippen MR) is 75.7 cm³/mol. The Morgan fingerprint density at radius 3 is 2.39 bits per heavy atom. The lowest BCUT2D eigenvalue weighted by molar-refractivity contribution is -0.0298. The Labute approximate surface area is 112 Å². The molecule has 104 valence electrons. The smallest absolute Gasteiger partial charge is 0.0256 e. The van der Waals surface area contributed by atoms with Crippen molar-refractivity contribution in [2.45, 2.75) is 51.7 Å². The van der Waals surface area contributed by atoms with Crippen molar-refractivity contribution in [3.8, 4) is 0 Å². The lowest BCUT2D eigenvalue weighted by Crippen LogP contribution is -2.66. The molecule has 4 aliphatic rings. The van der Waals surface area contributed by atoms with Crippen LogP contribution in [0.2, 0.25) is 0 Å². The molecule has 0 aromatic heterocycles. The Balaban J connectivity index is 1.69. The number of rotatable bonds is 2. The van der Waals surface area contributed by atoms with Gasteiger partial charge in [0, 0.05) is 37.8 Å². The van der Waals surface area contributed by atoms with Gasteiger partial charge in [-0.2, -0.15) is 0 Å². The van der Waals surface area contributed by atoms with E-state index in [1.54, 1.807) is 0 Å². The van der Waals surface area contributed by atoms with Crippen LogP contribution < -0.4 is 5.32 Å². The van der Waals surface area contributed by atoms with Gasteiger partial charge in [-0.15, -0.1) is 0 Å². The Morgan fingerprint density at radius 1 is 1.11 bits per heavy atom. The highest BCUT2D eigenvalue weighted by atomic mass is 15.3. The SMILES string of the molecule is CC(C)C1CN(C2CN3CCC2CC3)C(C)CN1. The zero-order chi connectivity index (χ0) is 12.7. The van der Waals surface area contributed by atoms with Crippen molar-refractivity contribution in [1.29, 1.82) is 0 Å². The largest absolute Gasteiger partial charge is 0.311 e. The van der Waals surface area contributed by atoms with Crippen molar-refractivity contribution in [3.05, 3.63) is 0 Å². The van der Waals surface area contributed by atoms with E-state index in [1.807, 2.05) is 0 Å². The molecule has 4 heterocycles. The summed E-state index contributed by atoms with van der Waals surface area (Å²) in [6.07, 6.45) is 2.88. The molecule has 2 bridgehead atoms. The maximum atomic E-state index is 3.73. The first-order chi connectivity index (χ1) is 8.65. The minimum atomic E-state index is 0.691. The Kier molecular flexibility index (Phi) is 3.65. The summed E-state index contributed by atoms with van der Waals surface area (Å²) < 4.78 is 0. The quantitative estimate of drug-likeness (QED) is 0.800. The molecule has 0 aromatic rings. The van der Waals surface area contributed by atoms with Crippen molar-refractivity contribution < 1.29 is 0 Å². The second kappa shape index (κ2) is 5.10. The van der Waals surface area contributed by atoms with Crippen LogP contribution in [-0.4, -0.2) is 60.6 Å². The first-order valence-corrected chi connectivity index (χ1v) is 7.86. The van der Waals surface area contributed by atoms with Gasteiger partial charge in [-0.25, -0.2) is 0 Å². The molecule has 3 atom stereocenters. The van der Waals surface area contributed by atoms with Gasteiger partial charge in [0.25, 0.3) is 0 Å². The highest BCUT2D eigenvalue weighted by molar-refractivity contribution is 4.97. The lowest BCUT2D eigenvalue weighted by atomic mass is 9.81. The summed E-state index contributed by atoms with van der Waals surface area (Å²) in [5, 5.41) is 3.73. The molecule has 4 saturated heterocycles. The van der Waals surface area contributed by atoms with Gasteiger partial charge in [0.2, 0.25) is 0 Å². The average molecular weight is 251 g/mol. The van der Waals surface area contributed by atoms with E-state index in [-0.39, 0.29) is 0 Å². The van der Waals surface area contributed by atoms with Gasteiger partial charge in [-0.1, -0.05) is 13.8 Å². The van der Waals surface area contributed by atoms with Crippen molar-refractivity contribution in [1.82, 2.24) is 15.1 Å². The van der Waals surface area contributed by atoms with Crippen LogP contribution in [0.15, 0.2) is 0 Å². The summed E-state index contributed by atoms with van der Waals surface area (Å²) in [6, 6.07) is 2.24. The molecule has 4 rings (SSSR count). The topological polar surface area (TPSA) is 18.5 Å². The van der Waals surface area contributed by atoms with E-state index in [4.69, 9.17) is 0 Å². The number of nitrogens with one attached hydrogen (secondary N) is 1. The number of nitrogens with zero attached hydrogens (tertiary/aromatic N) is 2. The summed E-state index contributed by atoms with van der Waals surface area (Å²) in [5.74, 6) is 1.73. The first-order valence-electron chi connectivity index (χ1n) is 7.86. The third-order valence-corrected chi connectivity index (χ3v) is 5.50. The number of hydrogen-bond acceptors (Lipinski definition) is 3. The highest BCUT2D eigenvalue weighted by Gasteiger charge is 2.41. The summed E-state index contributed by atoms with van der Waals surface area (Å²) in [7, 11) is 0. The fraction of sp³-hybridized carbons (Fsp3) is 1.00. The van der Waals surface area contributed by atoms with Crippen molar-refractivity contribution >= 4 is 0 Å². The molecule has 3 nitrogen and oxygen atoms in total.